The predicted molar refractivity (Wildman–Crippen MR) is 121 cm³/mol. The highest BCUT2D eigenvalue weighted by Crippen LogP contribution is 2.29. The Bertz CT molecular complexity index is 1230. The quantitative estimate of drug-likeness (QED) is 0.549. The zero-order valence-corrected chi connectivity index (χ0v) is 18.3. The monoisotopic (exact) mass is 466 g/mol. The molecule has 1 fully saturated rings. The number of carbonyl (C=O) groups excluding carboxylic acids is 1. The third kappa shape index (κ3) is 5.29. The third-order valence-electron chi connectivity index (χ3n) is 5.42. The Labute approximate surface area is 195 Å². The number of ether oxygens (including phenoxy) is 1. The van der Waals surface area contributed by atoms with Gasteiger partial charge in [0.15, 0.2) is 0 Å². The Hall–Kier alpha value is -4.06. The summed E-state index contributed by atoms with van der Waals surface area (Å²) in [4.78, 5) is 25.3. The second kappa shape index (κ2) is 9.83. The number of alkyl halides is 3. The van der Waals surface area contributed by atoms with E-state index >= 15 is 0 Å². The Morgan fingerprint density at radius 2 is 1.82 bits per heavy atom. The van der Waals surface area contributed by atoms with Crippen molar-refractivity contribution >= 4 is 11.7 Å². The summed E-state index contributed by atoms with van der Waals surface area (Å²) in [6.07, 6.45) is 0.488. The molecule has 1 saturated heterocycles. The van der Waals surface area contributed by atoms with Crippen LogP contribution in [0.25, 0.3) is 0 Å². The second-order valence-corrected chi connectivity index (χ2v) is 7.59. The Balaban J connectivity index is 1.51. The van der Waals surface area contributed by atoms with E-state index in [-0.39, 0.29) is 11.5 Å². The number of aromatic nitrogens is 2. The standard InChI is InChI=1S/C25H21F3N4O2/c1-34-22-8-7-20(16-19(22)6-5-18-3-2-4-21(15-18)25(26,27)28)24(33)32-13-11-31(12-14-32)23-17-29-9-10-30-23/h2-4,7-10,15-17H,11-14H2,1H3. The number of hydrogen-bond donors (Lipinski definition) is 0. The van der Waals surface area contributed by atoms with Crippen molar-refractivity contribution in [1.82, 2.24) is 14.9 Å². The fraction of sp³-hybridized carbons (Fsp3) is 0.240. The molecular formula is C25H21F3N4O2. The minimum atomic E-state index is -4.45. The molecule has 0 radical (unpaired) electrons. The lowest BCUT2D eigenvalue weighted by Crippen LogP contribution is -2.49. The molecule has 1 aromatic heterocycles. The molecule has 0 unspecified atom stereocenters. The topological polar surface area (TPSA) is 58.6 Å². The summed E-state index contributed by atoms with van der Waals surface area (Å²) in [5.41, 5.74) is 0.301. The minimum Gasteiger partial charge on any atom is -0.495 e. The van der Waals surface area contributed by atoms with Crippen LogP contribution < -0.4 is 9.64 Å². The summed E-state index contributed by atoms with van der Waals surface area (Å²) in [5.74, 6) is 6.65. The summed E-state index contributed by atoms with van der Waals surface area (Å²) < 4.78 is 44.2. The molecule has 0 aliphatic carbocycles. The largest absolute Gasteiger partial charge is 0.495 e. The van der Waals surface area contributed by atoms with Gasteiger partial charge in [-0.3, -0.25) is 9.78 Å². The lowest BCUT2D eigenvalue weighted by Gasteiger charge is -2.35. The molecule has 3 aromatic rings. The molecular weight excluding hydrogens is 445 g/mol. The summed E-state index contributed by atoms with van der Waals surface area (Å²) in [5, 5.41) is 0. The van der Waals surface area contributed by atoms with Gasteiger partial charge in [-0.15, -0.1) is 0 Å². The molecule has 0 bridgehead atoms. The second-order valence-electron chi connectivity index (χ2n) is 7.59. The highest BCUT2D eigenvalue weighted by atomic mass is 19.4. The van der Waals surface area contributed by atoms with Gasteiger partial charge in [-0.25, -0.2) is 4.98 Å². The van der Waals surface area contributed by atoms with Crippen molar-refractivity contribution in [2.24, 2.45) is 0 Å². The summed E-state index contributed by atoms with van der Waals surface area (Å²) in [6, 6.07) is 9.70. The van der Waals surface area contributed by atoms with E-state index in [9.17, 15) is 18.0 Å². The van der Waals surface area contributed by atoms with Crippen molar-refractivity contribution < 1.29 is 22.7 Å². The van der Waals surface area contributed by atoms with Crippen LogP contribution in [-0.2, 0) is 6.18 Å². The first kappa shape index (κ1) is 23.1. The van der Waals surface area contributed by atoms with Gasteiger partial charge >= 0.3 is 6.18 Å². The van der Waals surface area contributed by atoms with Crippen molar-refractivity contribution in [3.63, 3.8) is 0 Å². The van der Waals surface area contributed by atoms with Gasteiger partial charge in [0.25, 0.3) is 5.91 Å². The van der Waals surface area contributed by atoms with Crippen LogP contribution in [0.15, 0.2) is 61.1 Å². The Morgan fingerprint density at radius 3 is 2.50 bits per heavy atom. The molecule has 1 aliphatic rings. The number of halogens is 3. The van der Waals surface area contributed by atoms with Gasteiger partial charge < -0.3 is 14.5 Å². The molecule has 4 rings (SSSR count). The van der Waals surface area contributed by atoms with Crippen LogP contribution in [0.1, 0.15) is 27.0 Å². The number of methoxy groups -OCH3 is 1. The Morgan fingerprint density at radius 1 is 1.03 bits per heavy atom. The van der Waals surface area contributed by atoms with Crippen LogP contribution in [0, 0.1) is 11.8 Å². The number of amides is 1. The number of carbonyl (C=O) groups is 1. The average Bonchev–Trinajstić information content (AvgIpc) is 2.87. The van der Waals surface area contributed by atoms with Crippen molar-refractivity contribution in [2.75, 3.05) is 38.2 Å². The number of piperazine rings is 1. The molecule has 0 saturated carbocycles. The van der Waals surface area contributed by atoms with E-state index in [1.807, 2.05) is 0 Å². The molecule has 0 spiro atoms. The SMILES string of the molecule is COc1ccc(C(=O)N2CCN(c3cnccn3)CC2)cc1C#Cc1cccc(C(F)(F)F)c1. The zero-order chi connectivity index (χ0) is 24.1. The molecule has 0 N–H and O–H groups in total. The highest BCUT2D eigenvalue weighted by Gasteiger charge is 2.30. The van der Waals surface area contributed by atoms with Gasteiger partial charge in [-0.05, 0) is 36.4 Å². The van der Waals surface area contributed by atoms with E-state index in [2.05, 4.69) is 26.7 Å². The normalized spacial score (nSPS) is 13.8. The van der Waals surface area contributed by atoms with E-state index in [0.29, 0.717) is 43.1 Å². The maximum atomic E-state index is 13.1. The fourth-order valence-corrected chi connectivity index (χ4v) is 3.63. The lowest BCUT2D eigenvalue weighted by molar-refractivity contribution is -0.137. The maximum absolute atomic E-state index is 13.1. The van der Waals surface area contributed by atoms with Gasteiger partial charge in [-0.1, -0.05) is 17.9 Å². The highest BCUT2D eigenvalue weighted by molar-refractivity contribution is 5.95. The number of rotatable bonds is 3. The molecule has 6 nitrogen and oxygen atoms in total. The fourth-order valence-electron chi connectivity index (χ4n) is 3.63. The van der Waals surface area contributed by atoms with Crippen LogP contribution >= 0.6 is 0 Å². The first-order valence-corrected chi connectivity index (χ1v) is 10.5. The lowest BCUT2D eigenvalue weighted by atomic mass is 10.1. The van der Waals surface area contributed by atoms with Crippen LogP contribution in [0.3, 0.4) is 0 Å². The van der Waals surface area contributed by atoms with Crippen molar-refractivity contribution in [1.29, 1.82) is 0 Å². The van der Waals surface area contributed by atoms with Crippen LogP contribution in [0.4, 0.5) is 19.0 Å². The van der Waals surface area contributed by atoms with Gasteiger partial charge in [-0.2, -0.15) is 13.2 Å². The van der Waals surface area contributed by atoms with Crippen LogP contribution in [0.2, 0.25) is 0 Å². The first-order chi connectivity index (χ1) is 16.3. The van der Waals surface area contributed by atoms with E-state index < -0.39 is 11.7 Å². The molecule has 34 heavy (non-hydrogen) atoms. The molecule has 2 aromatic carbocycles. The molecule has 1 aliphatic heterocycles. The zero-order valence-electron chi connectivity index (χ0n) is 18.3. The van der Waals surface area contributed by atoms with E-state index in [1.165, 1.54) is 19.2 Å². The van der Waals surface area contributed by atoms with E-state index in [4.69, 9.17) is 4.74 Å². The van der Waals surface area contributed by atoms with Gasteiger partial charge in [0.05, 0.1) is 24.4 Å². The molecule has 2 heterocycles. The van der Waals surface area contributed by atoms with Crippen molar-refractivity contribution in [2.45, 2.75) is 6.18 Å². The predicted octanol–water partition coefficient (Wildman–Crippen LogP) is 3.87. The third-order valence-corrected chi connectivity index (χ3v) is 5.42. The van der Waals surface area contributed by atoms with E-state index in [1.54, 1.807) is 41.7 Å². The van der Waals surface area contributed by atoms with Gasteiger partial charge in [0.1, 0.15) is 11.6 Å². The van der Waals surface area contributed by atoms with Crippen molar-refractivity contribution in [3.05, 3.63) is 83.3 Å². The summed E-state index contributed by atoms with van der Waals surface area (Å²) in [7, 11) is 1.47. The molecule has 1 amide bonds. The van der Waals surface area contributed by atoms with E-state index in [0.717, 1.165) is 18.0 Å². The maximum Gasteiger partial charge on any atom is 0.416 e. The van der Waals surface area contributed by atoms with Crippen LogP contribution in [0.5, 0.6) is 5.75 Å². The smallest absolute Gasteiger partial charge is 0.416 e. The number of anilines is 1. The van der Waals surface area contributed by atoms with Crippen molar-refractivity contribution in [3.8, 4) is 17.6 Å². The summed E-state index contributed by atoms with van der Waals surface area (Å²) >= 11 is 0. The minimum absolute atomic E-state index is 0.149. The average molecular weight is 466 g/mol. The Kier molecular flexibility index (Phi) is 6.68. The number of hydrogen-bond acceptors (Lipinski definition) is 5. The molecule has 9 heteroatoms. The first-order valence-electron chi connectivity index (χ1n) is 10.5. The van der Waals surface area contributed by atoms with Crippen LogP contribution in [-0.4, -0.2) is 54.1 Å². The molecule has 174 valence electrons. The summed E-state index contributed by atoms with van der Waals surface area (Å²) in [6.45, 7) is 2.30. The van der Waals surface area contributed by atoms with Gasteiger partial charge in [0, 0.05) is 49.7 Å². The number of nitrogens with zero attached hydrogens (tertiary/aromatic N) is 4. The van der Waals surface area contributed by atoms with Gasteiger partial charge in [0.2, 0.25) is 0 Å². The molecule has 0 atom stereocenters. The number of benzene rings is 2.